The molecule has 9 heteroatoms. The Hall–Kier alpha value is -1.41. The van der Waals surface area contributed by atoms with Crippen molar-refractivity contribution in [3.05, 3.63) is 34.1 Å². The highest BCUT2D eigenvalue weighted by molar-refractivity contribution is 7.92. The summed E-state index contributed by atoms with van der Waals surface area (Å²) in [5.41, 5.74) is -0.877. The molecule has 0 fully saturated rings. The van der Waals surface area contributed by atoms with E-state index in [1.54, 1.807) is 0 Å². The summed E-state index contributed by atoms with van der Waals surface area (Å²) in [5, 5.41) is 10.7. The van der Waals surface area contributed by atoms with Gasteiger partial charge in [-0.15, -0.1) is 11.6 Å². The van der Waals surface area contributed by atoms with Crippen molar-refractivity contribution in [3.63, 3.8) is 0 Å². The molecule has 19 heavy (non-hydrogen) atoms. The van der Waals surface area contributed by atoms with Gasteiger partial charge in [-0.3, -0.25) is 14.8 Å². The number of hydrogen-bond donors (Lipinski definition) is 1. The predicted molar refractivity (Wildman–Crippen MR) is 70.4 cm³/mol. The van der Waals surface area contributed by atoms with E-state index in [4.69, 9.17) is 11.6 Å². The minimum Gasteiger partial charge on any atom is -0.277 e. The Kier molecular flexibility index (Phi) is 5.49. The molecule has 0 aliphatic rings. The van der Waals surface area contributed by atoms with Gasteiger partial charge < -0.3 is 0 Å². The van der Waals surface area contributed by atoms with Gasteiger partial charge in [-0.1, -0.05) is 0 Å². The van der Waals surface area contributed by atoms with Crippen LogP contribution >= 0.6 is 11.6 Å². The summed E-state index contributed by atoms with van der Waals surface area (Å²) in [6.07, 6.45) is 0.863. The van der Waals surface area contributed by atoms with Gasteiger partial charge in [-0.05, 0) is 25.0 Å². The van der Waals surface area contributed by atoms with E-state index >= 15 is 0 Å². The molecule has 0 radical (unpaired) electrons. The van der Waals surface area contributed by atoms with Crippen molar-refractivity contribution in [2.45, 2.75) is 12.8 Å². The van der Waals surface area contributed by atoms with E-state index in [9.17, 15) is 22.9 Å². The minimum atomic E-state index is -3.71. The van der Waals surface area contributed by atoms with Crippen LogP contribution in [0, 0.1) is 15.9 Å². The highest BCUT2D eigenvalue weighted by atomic mass is 35.5. The van der Waals surface area contributed by atoms with Crippen LogP contribution in [0.4, 0.5) is 15.8 Å². The lowest BCUT2D eigenvalue weighted by molar-refractivity contribution is -0.384. The summed E-state index contributed by atoms with van der Waals surface area (Å²) in [6.45, 7) is 0. The van der Waals surface area contributed by atoms with Crippen LogP contribution in [0.5, 0.6) is 0 Å². The van der Waals surface area contributed by atoms with E-state index in [2.05, 4.69) is 4.72 Å². The van der Waals surface area contributed by atoms with Gasteiger partial charge in [-0.25, -0.2) is 12.8 Å². The number of anilines is 1. The lowest BCUT2D eigenvalue weighted by Gasteiger charge is -2.08. The van der Waals surface area contributed by atoms with E-state index in [1.165, 1.54) is 0 Å². The number of benzene rings is 1. The van der Waals surface area contributed by atoms with Crippen LogP contribution in [-0.2, 0) is 10.0 Å². The van der Waals surface area contributed by atoms with E-state index < -0.39 is 26.5 Å². The molecule has 0 aromatic heterocycles. The molecule has 1 aromatic rings. The number of rotatable bonds is 7. The fourth-order valence-corrected chi connectivity index (χ4v) is 2.73. The summed E-state index contributed by atoms with van der Waals surface area (Å²) in [5.74, 6) is -0.669. The summed E-state index contributed by atoms with van der Waals surface area (Å²) in [7, 11) is -3.71. The summed E-state index contributed by atoms with van der Waals surface area (Å²) >= 11 is 5.43. The van der Waals surface area contributed by atoms with Crippen molar-refractivity contribution in [1.82, 2.24) is 0 Å². The predicted octanol–water partition coefficient (Wildman–Crippen LogP) is 2.49. The van der Waals surface area contributed by atoms with Gasteiger partial charge in [0.25, 0.3) is 5.69 Å². The highest BCUT2D eigenvalue weighted by Gasteiger charge is 2.19. The maximum Gasteiger partial charge on any atom is 0.296 e. The molecule has 106 valence electrons. The lowest BCUT2D eigenvalue weighted by atomic mass is 10.3. The molecule has 0 aliphatic heterocycles. The molecule has 1 rings (SSSR count). The molecular formula is C10H12ClFN2O4S. The van der Waals surface area contributed by atoms with Gasteiger partial charge in [0.1, 0.15) is 11.5 Å². The molecule has 1 aromatic carbocycles. The van der Waals surface area contributed by atoms with E-state index in [0.717, 1.165) is 12.1 Å². The number of nitrogens with zero attached hydrogens (tertiary/aromatic N) is 1. The molecule has 1 N–H and O–H groups in total. The summed E-state index contributed by atoms with van der Waals surface area (Å²) in [6, 6.07) is 2.63. The zero-order valence-corrected chi connectivity index (χ0v) is 11.4. The van der Waals surface area contributed by atoms with Crippen molar-refractivity contribution < 1.29 is 17.7 Å². The van der Waals surface area contributed by atoms with Crippen LogP contribution in [0.25, 0.3) is 0 Å². The van der Waals surface area contributed by atoms with Crippen molar-refractivity contribution in [2.24, 2.45) is 0 Å². The summed E-state index contributed by atoms with van der Waals surface area (Å²) in [4.78, 5) is 9.86. The smallest absolute Gasteiger partial charge is 0.277 e. The van der Waals surface area contributed by atoms with Crippen molar-refractivity contribution in [2.75, 3.05) is 16.4 Å². The molecular weight excluding hydrogens is 299 g/mol. The number of nitro groups is 1. The molecule has 0 atom stereocenters. The van der Waals surface area contributed by atoms with Gasteiger partial charge in [0.2, 0.25) is 10.0 Å². The molecule has 0 aliphatic carbocycles. The zero-order valence-electron chi connectivity index (χ0n) is 9.80. The SMILES string of the molecule is O=[N+]([O-])c1cc(F)ccc1NS(=O)(=O)CCCCCl. The Morgan fingerprint density at radius 1 is 1.37 bits per heavy atom. The Labute approximate surface area is 114 Å². The second kappa shape index (κ2) is 6.67. The molecule has 0 saturated heterocycles. The first-order valence-electron chi connectivity index (χ1n) is 5.36. The Balaban J connectivity index is 2.90. The Morgan fingerprint density at radius 2 is 2.05 bits per heavy atom. The third-order valence-electron chi connectivity index (χ3n) is 2.22. The number of nitro benzene ring substituents is 1. The second-order valence-corrected chi connectivity index (χ2v) is 5.96. The van der Waals surface area contributed by atoms with E-state index in [-0.39, 0.29) is 11.4 Å². The van der Waals surface area contributed by atoms with E-state index in [1.807, 2.05) is 0 Å². The van der Waals surface area contributed by atoms with Gasteiger partial charge in [0.15, 0.2) is 0 Å². The normalized spacial score (nSPS) is 11.3. The zero-order chi connectivity index (χ0) is 14.5. The molecule has 0 spiro atoms. The topological polar surface area (TPSA) is 89.3 Å². The minimum absolute atomic E-state index is 0.200. The number of nitrogens with one attached hydrogen (secondary N) is 1. The monoisotopic (exact) mass is 310 g/mol. The Bertz CT molecular complexity index is 565. The van der Waals surface area contributed by atoms with Gasteiger partial charge in [-0.2, -0.15) is 0 Å². The van der Waals surface area contributed by atoms with Gasteiger partial charge >= 0.3 is 0 Å². The molecule has 6 nitrogen and oxygen atoms in total. The van der Waals surface area contributed by atoms with E-state index in [0.29, 0.717) is 24.8 Å². The van der Waals surface area contributed by atoms with Crippen LogP contribution < -0.4 is 4.72 Å². The molecule has 0 amide bonds. The quantitative estimate of drug-likeness (QED) is 0.362. The largest absolute Gasteiger partial charge is 0.296 e. The van der Waals surface area contributed by atoms with Crippen LogP contribution in [0.2, 0.25) is 0 Å². The van der Waals surface area contributed by atoms with Crippen LogP contribution in [-0.4, -0.2) is 25.0 Å². The van der Waals surface area contributed by atoms with Gasteiger partial charge in [0.05, 0.1) is 16.7 Å². The molecule has 0 bridgehead atoms. The third-order valence-corrected chi connectivity index (χ3v) is 3.84. The fourth-order valence-electron chi connectivity index (χ4n) is 1.35. The van der Waals surface area contributed by atoms with Crippen molar-refractivity contribution >= 4 is 33.0 Å². The third kappa shape index (κ3) is 4.99. The summed E-state index contributed by atoms with van der Waals surface area (Å²) < 4.78 is 38.3. The van der Waals surface area contributed by atoms with Crippen LogP contribution in [0.1, 0.15) is 12.8 Å². The average Bonchev–Trinajstić information content (AvgIpc) is 2.31. The lowest BCUT2D eigenvalue weighted by Crippen LogP contribution is -2.17. The number of unbranched alkanes of at least 4 members (excludes halogenated alkanes) is 1. The molecule has 0 saturated carbocycles. The Morgan fingerprint density at radius 3 is 2.63 bits per heavy atom. The van der Waals surface area contributed by atoms with Crippen LogP contribution in [0.3, 0.4) is 0 Å². The van der Waals surface area contributed by atoms with Crippen molar-refractivity contribution in [1.29, 1.82) is 0 Å². The average molecular weight is 311 g/mol. The highest BCUT2D eigenvalue weighted by Crippen LogP contribution is 2.26. The first-order chi connectivity index (χ1) is 8.85. The second-order valence-electron chi connectivity index (χ2n) is 3.74. The standard InChI is InChI=1S/C10H12ClFN2O4S/c11-5-1-2-6-19(17,18)13-9-4-3-8(12)7-10(9)14(15)16/h3-4,7,13H,1-2,5-6H2. The molecule has 0 unspecified atom stereocenters. The first-order valence-corrected chi connectivity index (χ1v) is 7.55. The molecule has 0 heterocycles. The fraction of sp³-hybridized carbons (Fsp3) is 0.400. The number of sulfonamides is 1. The van der Waals surface area contributed by atoms with Crippen molar-refractivity contribution in [3.8, 4) is 0 Å². The number of alkyl halides is 1. The number of hydrogen-bond acceptors (Lipinski definition) is 4. The first kappa shape index (κ1) is 15.6. The van der Waals surface area contributed by atoms with Gasteiger partial charge in [0, 0.05) is 5.88 Å². The maximum atomic E-state index is 12.9. The number of halogens is 2. The maximum absolute atomic E-state index is 12.9. The van der Waals surface area contributed by atoms with Crippen LogP contribution in [0.15, 0.2) is 18.2 Å².